The standard InChI is InChI=1S/C20H12N6S/c1-2-4-15-12(3-1)13-7-8-22-24-20-18(13)14(10-21-20)19(23-15)11-5-6-16-17(9-11)26-27-25-16/h1-7,9-10,19,21,24H. The molecule has 2 aromatic heterocycles. The van der Waals surface area contributed by atoms with Crippen molar-refractivity contribution < 1.29 is 0 Å². The van der Waals surface area contributed by atoms with Gasteiger partial charge in [-0.15, -0.1) is 5.10 Å². The molecule has 0 amide bonds. The average Bonchev–Trinajstić information content (AvgIpc) is 3.25. The lowest BCUT2D eigenvalue weighted by Gasteiger charge is -2.13. The van der Waals surface area contributed by atoms with Gasteiger partial charge in [0.15, 0.2) is 0 Å². The molecule has 6 nitrogen and oxygen atoms in total. The molecule has 7 heteroatoms. The molecule has 4 heterocycles. The minimum absolute atomic E-state index is 0.150. The summed E-state index contributed by atoms with van der Waals surface area (Å²) in [5.74, 6) is 3.82. The number of hydrogen-bond acceptors (Lipinski definition) is 6. The van der Waals surface area contributed by atoms with Gasteiger partial charge in [-0.2, -0.15) is 8.75 Å². The van der Waals surface area contributed by atoms with Crippen LogP contribution in [0.25, 0.3) is 16.6 Å². The Bertz CT molecular complexity index is 1400. The Morgan fingerprint density at radius 1 is 1.04 bits per heavy atom. The highest BCUT2D eigenvalue weighted by Crippen LogP contribution is 2.37. The molecule has 0 saturated carbocycles. The molecule has 128 valence electrons. The van der Waals surface area contributed by atoms with Crippen molar-refractivity contribution in [1.82, 2.24) is 13.7 Å². The minimum Gasteiger partial charge on any atom is -0.346 e. The number of aromatic amines is 1. The zero-order valence-corrected chi connectivity index (χ0v) is 14.8. The highest BCUT2D eigenvalue weighted by Gasteiger charge is 2.26. The minimum atomic E-state index is -0.150. The van der Waals surface area contributed by atoms with Crippen molar-refractivity contribution in [2.75, 3.05) is 5.43 Å². The lowest BCUT2D eigenvalue weighted by Crippen LogP contribution is -2.26. The Balaban J connectivity index is 1.71. The number of H-pyrrole nitrogens is 1. The van der Waals surface area contributed by atoms with Crippen molar-refractivity contribution in [3.8, 4) is 0 Å². The van der Waals surface area contributed by atoms with Crippen molar-refractivity contribution in [2.24, 2.45) is 10.1 Å². The Hall–Kier alpha value is -3.54. The van der Waals surface area contributed by atoms with Crippen LogP contribution in [-0.4, -0.2) is 19.6 Å². The maximum absolute atomic E-state index is 5.12. The first kappa shape index (κ1) is 14.6. The fraction of sp³-hybridized carbons (Fsp3) is 0.0500. The van der Waals surface area contributed by atoms with E-state index in [0.717, 1.165) is 49.7 Å². The molecule has 6 rings (SSSR count). The summed E-state index contributed by atoms with van der Waals surface area (Å²) in [6.07, 6.45) is 3.93. The molecule has 0 radical (unpaired) electrons. The Kier molecular flexibility index (Phi) is 2.96. The maximum Gasteiger partial charge on any atom is 0.132 e. The van der Waals surface area contributed by atoms with Gasteiger partial charge >= 0.3 is 0 Å². The van der Waals surface area contributed by atoms with Crippen LogP contribution in [0.4, 0.5) is 5.82 Å². The number of para-hydroxylation sites is 1. The Morgan fingerprint density at radius 3 is 2.96 bits per heavy atom. The molecule has 27 heavy (non-hydrogen) atoms. The smallest absolute Gasteiger partial charge is 0.132 e. The first-order valence-corrected chi connectivity index (χ1v) is 9.27. The van der Waals surface area contributed by atoms with Crippen LogP contribution in [-0.2, 0) is 0 Å². The highest BCUT2D eigenvalue weighted by molar-refractivity contribution is 7.00. The van der Waals surface area contributed by atoms with Gasteiger partial charge in [0.25, 0.3) is 0 Å². The first-order valence-electron chi connectivity index (χ1n) is 8.54. The molecule has 0 bridgehead atoms. The summed E-state index contributed by atoms with van der Waals surface area (Å²) < 4.78 is 8.70. The quantitative estimate of drug-likeness (QED) is 0.542. The third kappa shape index (κ3) is 2.13. The van der Waals surface area contributed by atoms with E-state index >= 15 is 0 Å². The third-order valence-corrected chi connectivity index (χ3v) is 5.53. The van der Waals surface area contributed by atoms with Crippen molar-refractivity contribution in [3.63, 3.8) is 0 Å². The largest absolute Gasteiger partial charge is 0.346 e. The number of fused-ring (bicyclic) bond motifs is 2. The van der Waals surface area contributed by atoms with Crippen molar-refractivity contribution in [3.05, 3.63) is 82.0 Å². The number of anilines is 1. The highest BCUT2D eigenvalue weighted by atomic mass is 32.1. The van der Waals surface area contributed by atoms with Gasteiger partial charge < -0.3 is 4.98 Å². The number of nitrogens with zero attached hydrogens (tertiary/aromatic N) is 4. The van der Waals surface area contributed by atoms with Crippen LogP contribution in [0.3, 0.4) is 0 Å². The van der Waals surface area contributed by atoms with E-state index in [2.05, 4.69) is 54.4 Å². The number of hydrogen-bond donors (Lipinski definition) is 2. The number of allylic oxidation sites excluding steroid dienone is 1. The molecule has 0 spiro atoms. The van der Waals surface area contributed by atoms with E-state index in [1.165, 1.54) is 11.7 Å². The summed E-state index contributed by atoms with van der Waals surface area (Å²) >= 11 is 1.23. The fourth-order valence-electron chi connectivity index (χ4n) is 3.75. The maximum atomic E-state index is 5.12. The molecule has 2 N–H and O–H groups in total. The van der Waals surface area contributed by atoms with Crippen molar-refractivity contribution in [1.29, 1.82) is 0 Å². The van der Waals surface area contributed by atoms with Crippen LogP contribution in [0, 0.1) is 0 Å². The summed E-state index contributed by atoms with van der Waals surface area (Å²) in [5, 5.41) is 6.16. The fourth-order valence-corrected chi connectivity index (χ4v) is 4.27. The third-order valence-electron chi connectivity index (χ3n) is 4.97. The van der Waals surface area contributed by atoms with E-state index in [4.69, 9.17) is 4.99 Å². The predicted octanol–water partition coefficient (Wildman–Crippen LogP) is 2.51. The van der Waals surface area contributed by atoms with E-state index in [0.29, 0.717) is 0 Å². The second-order valence-corrected chi connectivity index (χ2v) is 6.99. The van der Waals surface area contributed by atoms with E-state index < -0.39 is 0 Å². The second-order valence-electron chi connectivity index (χ2n) is 6.47. The number of nitrogens with one attached hydrogen (secondary N) is 2. The van der Waals surface area contributed by atoms with Crippen LogP contribution in [0.2, 0.25) is 0 Å². The van der Waals surface area contributed by atoms with Crippen LogP contribution >= 0.6 is 11.7 Å². The summed E-state index contributed by atoms with van der Waals surface area (Å²) in [6, 6.07) is 14.2. The molecule has 2 aromatic carbocycles. The van der Waals surface area contributed by atoms with Gasteiger partial charge in [0, 0.05) is 40.1 Å². The number of benzene rings is 2. The monoisotopic (exact) mass is 368 g/mol. The van der Waals surface area contributed by atoms with Crippen molar-refractivity contribution in [2.45, 2.75) is 6.04 Å². The molecule has 2 aliphatic heterocycles. The van der Waals surface area contributed by atoms with E-state index in [1.807, 2.05) is 30.5 Å². The molecule has 0 saturated heterocycles. The zero-order valence-electron chi connectivity index (χ0n) is 14.0. The van der Waals surface area contributed by atoms with E-state index in [9.17, 15) is 0 Å². The summed E-state index contributed by atoms with van der Waals surface area (Å²) in [4.78, 5) is 8.43. The molecule has 1 atom stereocenters. The van der Waals surface area contributed by atoms with Gasteiger partial charge in [-0.25, -0.2) is 0 Å². The molecule has 1 unspecified atom stereocenters. The van der Waals surface area contributed by atoms with Gasteiger partial charge in [-0.05, 0) is 23.8 Å². The molecule has 0 fully saturated rings. The summed E-state index contributed by atoms with van der Waals surface area (Å²) in [5.41, 5.74) is 9.19. The van der Waals surface area contributed by atoms with Gasteiger partial charge in [0.05, 0.1) is 17.1 Å². The molecule has 4 aromatic rings. The van der Waals surface area contributed by atoms with Gasteiger partial charge in [-0.3, -0.25) is 10.4 Å². The zero-order chi connectivity index (χ0) is 17.8. The van der Waals surface area contributed by atoms with Gasteiger partial charge in [-0.1, -0.05) is 24.3 Å². The summed E-state index contributed by atoms with van der Waals surface area (Å²) in [7, 11) is 0. The lowest BCUT2D eigenvalue weighted by atomic mass is 9.94. The SMILES string of the molecule is C1=CC2=c3ccccc3=NC(c3ccc4nsnc4c3)c3c[nH]c(c32)NN=1. The van der Waals surface area contributed by atoms with E-state index in [-0.39, 0.29) is 6.04 Å². The van der Waals surface area contributed by atoms with Crippen molar-refractivity contribution >= 4 is 40.0 Å². The average molecular weight is 368 g/mol. The predicted molar refractivity (Wildman–Crippen MR) is 105 cm³/mol. The van der Waals surface area contributed by atoms with Gasteiger partial charge in [0.1, 0.15) is 22.9 Å². The first-order chi connectivity index (χ1) is 13.4. The van der Waals surface area contributed by atoms with Crippen LogP contribution in [0.5, 0.6) is 0 Å². The molecule has 0 aliphatic carbocycles. The normalized spacial score (nSPS) is 16.9. The van der Waals surface area contributed by atoms with Crippen LogP contribution in [0.15, 0.2) is 64.8 Å². The molecular weight excluding hydrogens is 356 g/mol. The van der Waals surface area contributed by atoms with E-state index in [1.54, 1.807) is 0 Å². The Labute approximate surface area is 157 Å². The summed E-state index contributed by atoms with van der Waals surface area (Å²) in [6.45, 7) is 0. The number of hydrazone groups is 1. The van der Waals surface area contributed by atoms with Crippen LogP contribution < -0.4 is 16.0 Å². The number of rotatable bonds is 1. The van der Waals surface area contributed by atoms with Crippen LogP contribution in [0.1, 0.15) is 22.7 Å². The topological polar surface area (TPSA) is 78.3 Å². The van der Waals surface area contributed by atoms with Gasteiger partial charge in [0.2, 0.25) is 0 Å². The molecular formula is C20H12N6S. The number of aromatic nitrogens is 3. The lowest BCUT2D eigenvalue weighted by molar-refractivity contribution is 0.841. The Morgan fingerprint density at radius 2 is 1.96 bits per heavy atom. The molecule has 2 aliphatic rings. The second kappa shape index (κ2) is 5.48.